The Bertz CT molecular complexity index is 179. The smallest absolute Gasteiger partial charge is 0.0897 e. The van der Waals surface area contributed by atoms with Gasteiger partial charge in [-0.1, -0.05) is 0 Å². The van der Waals surface area contributed by atoms with E-state index in [1.165, 1.54) is 6.42 Å². The van der Waals surface area contributed by atoms with E-state index in [1.54, 1.807) is 0 Å². The first-order chi connectivity index (χ1) is 7.81. The molecular formula is C13H30N2O2. The zero-order chi connectivity index (χ0) is 13.3. The second-order valence-electron chi connectivity index (χ2n) is 5.79. The van der Waals surface area contributed by atoms with Crippen LogP contribution in [-0.2, 0) is 4.74 Å². The maximum absolute atomic E-state index is 9.66. The number of aliphatic hydroxyl groups excluding tert-OH is 1. The van der Waals surface area contributed by atoms with Gasteiger partial charge in [0.25, 0.3) is 0 Å². The van der Waals surface area contributed by atoms with Gasteiger partial charge in [0.15, 0.2) is 0 Å². The van der Waals surface area contributed by atoms with Gasteiger partial charge in [0.1, 0.15) is 0 Å². The van der Waals surface area contributed by atoms with Gasteiger partial charge >= 0.3 is 0 Å². The second-order valence-corrected chi connectivity index (χ2v) is 5.79. The summed E-state index contributed by atoms with van der Waals surface area (Å²) in [6, 6.07) is 0. The van der Waals surface area contributed by atoms with Crippen LogP contribution in [0.3, 0.4) is 0 Å². The largest absolute Gasteiger partial charge is 0.389 e. The molecular weight excluding hydrogens is 216 g/mol. The van der Waals surface area contributed by atoms with Gasteiger partial charge in [-0.3, -0.25) is 0 Å². The fraction of sp³-hybridized carbons (Fsp3) is 1.00. The second kappa shape index (κ2) is 8.86. The van der Waals surface area contributed by atoms with Gasteiger partial charge in [-0.25, -0.2) is 0 Å². The number of hydrogen-bond donors (Lipinski definition) is 2. The molecule has 1 atom stereocenters. The van der Waals surface area contributed by atoms with Gasteiger partial charge in [0.2, 0.25) is 0 Å². The van der Waals surface area contributed by atoms with Crippen LogP contribution in [0, 0.1) is 0 Å². The maximum Gasteiger partial charge on any atom is 0.0897 e. The van der Waals surface area contributed by atoms with Crippen molar-refractivity contribution >= 4 is 0 Å². The molecule has 2 N–H and O–H groups in total. The minimum atomic E-state index is -0.414. The van der Waals surface area contributed by atoms with Crippen LogP contribution in [0.1, 0.15) is 33.6 Å². The highest BCUT2D eigenvalue weighted by atomic mass is 16.5. The Hall–Kier alpha value is -0.160. The van der Waals surface area contributed by atoms with E-state index in [0.717, 1.165) is 19.5 Å². The number of nitrogens with one attached hydrogen (secondary N) is 1. The van der Waals surface area contributed by atoms with E-state index in [9.17, 15) is 5.11 Å². The monoisotopic (exact) mass is 246 g/mol. The zero-order valence-electron chi connectivity index (χ0n) is 12.1. The van der Waals surface area contributed by atoms with Crippen molar-refractivity contribution < 1.29 is 9.84 Å². The summed E-state index contributed by atoms with van der Waals surface area (Å²) in [5.74, 6) is 0. The molecule has 104 valence electrons. The highest BCUT2D eigenvalue weighted by molar-refractivity contribution is 4.64. The summed E-state index contributed by atoms with van der Waals surface area (Å²) in [7, 11) is 4.17. The SMILES string of the molecule is CN(C)CCCCNCC(O)COC(C)(C)C. The molecule has 0 aromatic heterocycles. The van der Waals surface area contributed by atoms with E-state index in [2.05, 4.69) is 24.3 Å². The van der Waals surface area contributed by atoms with Gasteiger partial charge in [0, 0.05) is 6.54 Å². The lowest BCUT2D eigenvalue weighted by Crippen LogP contribution is -2.34. The summed E-state index contributed by atoms with van der Waals surface area (Å²) in [4.78, 5) is 2.19. The van der Waals surface area contributed by atoms with Crippen LogP contribution < -0.4 is 5.32 Å². The van der Waals surface area contributed by atoms with Crippen molar-refractivity contribution in [1.82, 2.24) is 10.2 Å². The molecule has 4 nitrogen and oxygen atoms in total. The van der Waals surface area contributed by atoms with Crippen LogP contribution >= 0.6 is 0 Å². The normalized spacial score (nSPS) is 14.3. The van der Waals surface area contributed by atoms with Crippen LogP contribution in [0.25, 0.3) is 0 Å². The molecule has 17 heavy (non-hydrogen) atoms. The van der Waals surface area contributed by atoms with Crippen LogP contribution in [0.15, 0.2) is 0 Å². The molecule has 1 unspecified atom stereocenters. The standard InChI is InChI=1S/C13H30N2O2/c1-13(2,3)17-11-12(16)10-14-8-6-7-9-15(4)5/h12,14,16H,6-11H2,1-5H3. The highest BCUT2D eigenvalue weighted by Gasteiger charge is 2.12. The predicted molar refractivity (Wildman–Crippen MR) is 72.4 cm³/mol. The fourth-order valence-corrected chi connectivity index (χ4v) is 1.35. The van der Waals surface area contributed by atoms with Crippen LogP contribution in [0.2, 0.25) is 0 Å². The van der Waals surface area contributed by atoms with Crippen molar-refractivity contribution in [3.8, 4) is 0 Å². The Morgan fingerprint density at radius 1 is 1.24 bits per heavy atom. The molecule has 0 aromatic carbocycles. The van der Waals surface area contributed by atoms with Crippen LogP contribution in [-0.4, -0.2) is 62.0 Å². The van der Waals surface area contributed by atoms with Crippen molar-refractivity contribution in [2.45, 2.75) is 45.3 Å². The predicted octanol–water partition coefficient (Wildman–Crippen LogP) is 1.09. The first-order valence-electron chi connectivity index (χ1n) is 6.49. The Morgan fingerprint density at radius 3 is 2.41 bits per heavy atom. The number of nitrogens with zero attached hydrogens (tertiary/aromatic N) is 1. The lowest BCUT2D eigenvalue weighted by atomic mass is 10.2. The molecule has 0 heterocycles. The van der Waals surface area contributed by atoms with Gasteiger partial charge in [-0.2, -0.15) is 0 Å². The number of hydrogen-bond acceptors (Lipinski definition) is 4. The first-order valence-corrected chi connectivity index (χ1v) is 6.49. The molecule has 0 rings (SSSR count). The molecule has 0 aliphatic carbocycles. The van der Waals surface area contributed by atoms with Gasteiger partial charge in [-0.05, 0) is 60.8 Å². The number of unbranched alkanes of at least 4 members (excludes halogenated alkanes) is 1. The lowest BCUT2D eigenvalue weighted by Gasteiger charge is -2.22. The first kappa shape index (κ1) is 16.8. The fourth-order valence-electron chi connectivity index (χ4n) is 1.35. The third-order valence-corrected chi connectivity index (χ3v) is 2.30. The topological polar surface area (TPSA) is 44.7 Å². The molecule has 0 radical (unpaired) electrons. The summed E-state index contributed by atoms with van der Waals surface area (Å²) >= 11 is 0. The summed E-state index contributed by atoms with van der Waals surface area (Å²) < 4.78 is 5.50. The third-order valence-electron chi connectivity index (χ3n) is 2.30. The summed E-state index contributed by atoms with van der Waals surface area (Å²) in [6.45, 7) is 9.07. The average Bonchev–Trinajstić information content (AvgIpc) is 2.19. The van der Waals surface area contributed by atoms with Gasteiger partial charge in [-0.15, -0.1) is 0 Å². The maximum atomic E-state index is 9.66. The van der Waals surface area contributed by atoms with Crippen molar-refractivity contribution in [3.63, 3.8) is 0 Å². The van der Waals surface area contributed by atoms with Crippen LogP contribution in [0.4, 0.5) is 0 Å². The van der Waals surface area contributed by atoms with E-state index in [0.29, 0.717) is 13.2 Å². The summed E-state index contributed by atoms with van der Waals surface area (Å²) in [5.41, 5.74) is -0.174. The average molecular weight is 246 g/mol. The van der Waals surface area contributed by atoms with E-state index >= 15 is 0 Å². The molecule has 0 aromatic rings. The Balaban J connectivity index is 3.31. The van der Waals surface area contributed by atoms with E-state index in [-0.39, 0.29) is 5.60 Å². The molecule has 0 spiro atoms. The van der Waals surface area contributed by atoms with Crippen molar-refractivity contribution in [1.29, 1.82) is 0 Å². The number of aliphatic hydroxyl groups is 1. The lowest BCUT2D eigenvalue weighted by molar-refractivity contribution is -0.0478. The minimum absolute atomic E-state index is 0.174. The van der Waals surface area contributed by atoms with E-state index in [1.807, 2.05) is 20.8 Å². The zero-order valence-corrected chi connectivity index (χ0v) is 12.1. The highest BCUT2D eigenvalue weighted by Crippen LogP contribution is 2.06. The Labute approximate surface area is 106 Å². The minimum Gasteiger partial charge on any atom is -0.389 e. The van der Waals surface area contributed by atoms with Crippen LogP contribution in [0.5, 0.6) is 0 Å². The molecule has 4 heteroatoms. The molecule has 0 aliphatic rings. The van der Waals surface area contributed by atoms with E-state index in [4.69, 9.17) is 4.74 Å². The van der Waals surface area contributed by atoms with Crippen molar-refractivity contribution in [2.24, 2.45) is 0 Å². The summed E-state index contributed by atoms with van der Waals surface area (Å²) in [6.07, 6.45) is 1.92. The van der Waals surface area contributed by atoms with Crippen molar-refractivity contribution in [2.75, 3.05) is 40.3 Å². The number of ether oxygens (including phenoxy) is 1. The third kappa shape index (κ3) is 13.8. The molecule has 0 bridgehead atoms. The molecule has 0 fully saturated rings. The van der Waals surface area contributed by atoms with Crippen molar-refractivity contribution in [3.05, 3.63) is 0 Å². The molecule has 0 saturated heterocycles. The summed E-state index contributed by atoms with van der Waals surface area (Å²) in [5, 5.41) is 12.9. The molecule has 0 amide bonds. The Kier molecular flexibility index (Phi) is 8.78. The quantitative estimate of drug-likeness (QED) is 0.598. The Morgan fingerprint density at radius 2 is 1.88 bits per heavy atom. The number of rotatable bonds is 9. The van der Waals surface area contributed by atoms with Gasteiger partial charge in [0.05, 0.1) is 18.3 Å². The molecule has 0 aliphatic heterocycles. The molecule has 0 saturated carbocycles. The van der Waals surface area contributed by atoms with E-state index < -0.39 is 6.10 Å². The van der Waals surface area contributed by atoms with Gasteiger partial charge < -0.3 is 20.1 Å².